The maximum atomic E-state index is 10.7. The van der Waals surface area contributed by atoms with Crippen LogP contribution in [0.15, 0.2) is 29.6 Å². The van der Waals surface area contributed by atoms with E-state index >= 15 is 0 Å². The number of carboxylic acid groups (broad SMARTS) is 1. The number of aromatic nitrogens is 1. The number of thiazole rings is 1. The van der Waals surface area contributed by atoms with Gasteiger partial charge in [-0.05, 0) is 17.7 Å². The Morgan fingerprint density at radius 3 is 2.74 bits per heavy atom. The molecular formula is C13H10N2O3S. The van der Waals surface area contributed by atoms with Crippen molar-refractivity contribution in [3.05, 3.63) is 45.9 Å². The number of ether oxygens (including phenoxy) is 1. The van der Waals surface area contributed by atoms with Crippen molar-refractivity contribution in [3.8, 4) is 11.8 Å². The molecule has 0 saturated heterocycles. The van der Waals surface area contributed by atoms with Crippen LogP contribution in [0.1, 0.15) is 21.1 Å². The van der Waals surface area contributed by atoms with Gasteiger partial charge in [0, 0.05) is 5.38 Å². The van der Waals surface area contributed by atoms with E-state index in [4.69, 9.17) is 15.1 Å². The molecule has 19 heavy (non-hydrogen) atoms. The molecule has 0 bridgehead atoms. The highest BCUT2D eigenvalue weighted by atomic mass is 32.1. The van der Waals surface area contributed by atoms with Gasteiger partial charge in [-0.2, -0.15) is 5.26 Å². The van der Waals surface area contributed by atoms with E-state index in [0.717, 1.165) is 16.9 Å². The second kappa shape index (κ2) is 5.98. The predicted octanol–water partition coefficient (Wildman–Crippen LogP) is 2.49. The van der Waals surface area contributed by atoms with Crippen LogP contribution in [0.3, 0.4) is 0 Å². The van der Waals surface area contributed by atoms with Crippen LogP contribution in [0, 0.1) is 11.3 Å². The summed E-state index contributed by atoms with van der Waals surface area (Å²) in [5.41, 5.74) is 1.51. The number of hydrogen-bond donors (Lipinski definition) is 1. The molecule has 0 saturated carbocycles. The summed E-state index contributed by atoms with van der Waals surface area (Å²) in [4.78, 5) is 14.6. The second-order valence-corrected chi connectivity index (χ2v) is 4.57. The van der Waals surface area contributed by atoms with Crippen molar-refractivity contribution in [1.82, 2.24) is 4.98 Å². The Morgan fingerprint density at radius 2 is 2.16 bits per heavy atom. The average molecular weight is 274 g/mol. The van der Waals surface area contributed by atoms with Crippen LogP contribution in [0.5, 0.6) is 5.75 Å². The van der Waals surface area contributed by atoms with E-state index in [1.807, 2.05) is 12.1 Å². The fourth-order valence-corrected chi connectivity index (χ4v) is 2.06. The van der Waals surface area contributed by atoms with Gasteiger partial charge in [0.1, 0.15) is 12.4 Å². The van der Waals surface area contributed by atoms with Gasteiger partial charge in [0.15, 0.2) is 0 Å². The SMILES string of the molecule is N#CCc1ccc(OCc2csc(C(=O)O)n2)cc1. The third-order valence-electron chi connectivity index (χ3n) is 2.33. The summed E-state index contributed by atoms with van der Waals surface area (Å²) in [6, 6.07) is 9.26. The molecule has 0 aliphatic heterocycles. The number of carbonyl (C=O) groups is 1. The maximum absolute atomic E-state index is 10.7. The molecule has 0 atom stereocenters. The van der Waals surface area contributed by atoms with Crippen molar-refractivity contribution in [1.29, 1.82) is 5.26 Å². The predicted molar refractivity (Wildman–Crippen MR) is 69.2 cm³/mol. The van der Waals surface area contributed by atoms with Crippen LogP contribution in [-0.4, -0.2) is 16.1 Å². The van der Waals surface area contributed by atoms with E-state index in [1.54, 1.807) is 17.5 Å². The summed E-state index contributed by atoms with van der Waals surface area (Å²) in [6.45, 7) is 0.224. The number of nitrogens with zero attached hydrogens (tertiary/aromatic N) is 2. The molecule has 96 valence electrons. The normalized spacial score (nSPS) is 9.84. The molecule has 1 aromatic heterocycles. The van der Waals surface area contributed by atoms with Crippen molar-refractivity contribution < 1.29 is 14.6 Å². The highest BCUT2D eigenvalue weighted by molar-refractivity contribution is 7.11. The van der Waals surface area contributed by atoms with Gasteiger partial charge in [-0.3, -0.25) is 0 Å². The molecule has 2 rings (SSSR count). The van der Waals surface area contributed by atoms with Gasteiger partial charge in [0.2, 0.25) is 5.01 Å². The molecule has 0 radical (unpaired) electrons. The van der Waals surface area contributed by atoms with Crippen LogP contribution in [-0.2, 0) is 13.0 Å². The fourth-order valence-electron chi connectivity index (χ4n) is 1.42. The number of nitriles is 1. The molecule has 1 aromatic carbocycles. The van der Waals surface area contributed by atoms with Crippen molar-refractivity contribution in [2.75, 3.05) is 0 Å². The smallest absolute Gasteiger partial charge is 0.365 e. The van der Waals surface area contributed by atoms with Gasteiger partial charge in [0.25, 0.3) is 0 Å². The van der Waals surface area contributed by atoms with E-state index in [9.17, 15) is 4.79 Å². The van der Waals surface area contributed by atoms with Crippen molar-refractivity contribution in [2.45, 2.75) is 13.0 Å². The lowest BCUT2D eigenvalue weighted by atomic mass is 10.2. The van der Waals surface area contributed by atoms with E-state index < -0.39 is 5.97 Å². The topological polar surface area (TPSA) is 83.2 Å². The molecule has 0 unspecified atom stereocenters. The lowest BCUT2D eigenvalue weighted by Gasteiger charge is -2.04. The van der Waals surface area contributed by atoms with Crippen LogP contribution >= 0.6 is 11.3 Å². The Balaban J connectivity index is 1.94. The Labute approximate surface area is 113 Å². The first-order valence-electron chi connectivity index (χ1n) is 5.45. The molecule has 5 nitrogen and oxygen atoms in total. The summed E-state index contributed by atoms with van der Waals surface area (Å²) >= 11 is 1.08. The van der Waals surface area contributed by atoms with Crippen molar-refractivity contribution in [2.24, 2.45) is 0 Å². The molecule has 2 aromatic rings. The number of carboxylic acids is 1. The zero-order valence-corrected chi connectivity index (χ0v) is 10.7. The van der Waals surface area contributed by atoms with Gasteiger partial charge >= 0.3 is 5.97 Å². The third kappa shape index (κ3) is 3.53. The number of hydrogen-bond acceptors (Lipinski definition) is 5. The molecule has 6 heteroatoms. The van der Waals surface area contributed by atoms with Crippen LogP contribution in [0.4, 0.5) is 0 Å². The summed E-state index contributed by atoms with van der Waals surface area (Å²) < 4.78 is 5.49. The maximum Gasteiger partial charge on any atom is 0.365 e. The van der Waals surface area contributed by atoms with Gasteiger partial charge in [-0.1, -0.05) is 12.1 Å². The second-order valence-electron chi connectivity index (χ2n) is 3.72. The largest absolute Gasteiger partial charge is 0.487 e. The summed E-state index contributed by atoms with van der Waals surface area (Å²) in [7, 11) is 0. The summed E-state index contributed by atoms with van der Waals surface area (Å²) in [6.07, 6.45) is 0.369. The quantitative estimate of drug-likeness (QED) is 0.905. The fraction of sp³-hybridized carbons (Fsp3) is 0.154. The Kier molecular flexibility index (Phi) is 4.11. The van der Waals surface area contributed by atoms with E-state index in [-0.39, 0.29) is 11.6 Å². The zero-order chi connectivity index (χ0) is 13.7. The molecule has 0 amide bonds. The highest BCUT2D eigenvalue weighted by Crippen LogP contribution is 2.16. The minimum Gasteiger partial charge on any atom is -0.487 e. The zero-order valence-electron chi connectivity index (χ0n) is 9.87. The van der Waals surface area contributed by atoms with Gasteiger partial charge in [-0.15, -0.1) is 11.3 Å². The summed E-state index contributed by atoms with van der Waals surface area (Å²) in [5.74, 6) is -0.372. The first kappa shape index (κ1) is 13.1. The van der Waals surface area contributed by atoms with Crippen LogP contribution in [0.2, 0.25) is 0 Å². The van der Waals surface area contributed by atoms with Gasteiger partial charge < -0.3 is 9.84 Å². The van der Waals surface area contributed by atoms with Crippen molar-refractivity contribution >= 4 is 17.3 Å². The van der Waals surface area contributed by atoms with Gasteiger partial charge in [0.05, 0.1) is 18.2 Å². The van der Waals surface area contributed by atoms with Crippen molar-refractivity contribution in [3.63, 3.8) is 0 Å². The van der Waals surface area contributed by atoms with Gasteiger partial charge in [-0.25, -0.2) is 9.78 Å². The Hall–Kier alpha value is -2.39. The molecular weight excluding hydrogens is 264 g/mol. The lowest BCUT2D eigenvalue weighted by molar-refractivity contribution is 0.0696. The van der Waals surface area contributed by atoms with E-state index in [2.05, 4.69) is 11.1 Å². The molecule has 1 heterocycles. The highest BCUT2D eigenvalue weighted by Gasteiger charge is 2.09. The summed E-state index contributed by atoms with van der Waals surface area (Å²) in [5, 5.41) is 19.0. The molecule has 0 aliphatic rings. The van der Waals surface area contributed by atoms with E-state index in [1.165, 1.54) is 0 Å². The minimum atomic E-state index is -1.03. The first-order valence-corrected chi connectivity index (χ1v) is 6.33. The average Bonchev–Trinajstić information content (AvgIpc) is 2.87. The Bertz CT molecular complexity index is 614. The number of rotatable bonds is 5. The molecule has 1 N–H and O–H groups in total. The molecule has 0 fully saturated rings. The molecule has 0 aliphatic carbocycles. The van der Waals surface area contributed by atoms with E-state index in [0.29, 0.717) is 17.9 Å². The standard InChI is InChI=1S/C13H10N2O3S/c14-6-5-9-1-3-11(4-2-9)18-7-10-8-19-12(15-10)13(16)17/h1-4,8H,5,7H2,(H,16,17). The lowest BCUT2D eigenvalue weighted by Crippen LogP contribution is -1.99. The van der Waals surface area contributed by atoms with Crippen LogP contribution < -0.4 is 4.74 Å². The number of benzene rings is 1. The third-order valence-corrected chi connectivity index (χ3v) is 3.21. The van der Waals surface area contributed by atoms with Crippen LogP contribution in [0.25, 0.3) is 0 Å². The first-order chi connectivity index (χ1) is 9.19. The monoisotopic (exact) mass is 274 g/mol. The number of aromatic carboxylic acids is 1. The molecule has 0 spiro atoms. The Morgan fingerprint density at radius 1 is 1.42 bits per heavy atom. The minimum absolute atomic E-state index is 0.0583.